The molecule has 0 bridgehead atoms. The number of nitrogens with zero attached hydrogens (tertiary/aromatic N) is 1. The molecule has 0 radical (unpaired) electrons. The third kappa shape index (κ3) is 3.19. The van der Waals surface area contributed by atoms with Crippen LogP contribution in [0.3, 0.4) is 0 Å². The van der Waals surface area contributed by atoms with Crippen LogP contribution in [0.15, 0.2) is 30.3 Å². The van der Waals surface area contributed by atoms with Crippen molar-refractivity contribution in [1.29, 1.82) is 0 Å². The highest BCUT2D eigenvalue weighted by Gasteiger charge is 2.16. The van der Waals surface area contributed by atoms with Crippen molar-refractivity contribution in [3.63, 3.8) is 0 Å². The minimum Gasteiger partial charge on any atom is -0.395 e. The van der Waals surface area contributed by atoms with Gasteiger partial charge in [-0.25, -0.2) is 4.98 Å². The SMILES string of the molecule is CSC(CO)C(C)Nc1nc2ccccc2cc1C. The molecule has 3 nitrogen and oxygen atoms in total. The Labute approximate surface area is 118 Å². The van der Waals surface area contributed by atoms with Crippen molar-refractivity contribution in [3.05, 3.63) is 35.9 Å². The van der Waals surface area contributed by atoms with Crippen molar-refractivity contribution in [3.8, 4) is 0 Å². The highest BCUT2D eigenvalue weighted by Crippen LogP contribution is 2.22. The molecule has 2 N–H and O–H groups in total. The van der Waals surface area contributed by atoms with E-state index in [1.165, 1.54) is 0 Å². The van der Waals surface area contributed by atoms with Gasteiger partial charge in [-0.15, -0.1) is 0 Å². The zero-order valence-corrected chi connectivity index (χ0v) is 12.4. The molecular formula is C15H20N2OS. The van der Waals surface area contributed by atoms with Crippen molar-refractivity contribution in [1.82, 2.24) is 4.98 Å². The van der Waals surface area contributed by atoms with Gasteiger partial charge >= 0.3 is 0 Å². The molecule has 2 unspecified atom stereocenters. The largest absolute Gasteiger partial charge is 0.395 e. The monoisotopic (exact) mass is 276 g/mol. The van der Waals surface area contributed by atoms with Crippen LogP contribution < -0.4 is 5.32 Å². The average molecular weight is 276 g/mol. The molecule has 2 rings (SSSR count). The lowest BCUT2D eigenvalue weighted by atomic mass is 10.1. The highest BCUT2D eigenvalue weighted by atomic mass is 32.2. The molecule has 19 heavy (non-hydrogen) atoms. The molecule has 4 heteroatoms. The van der Waals surface area contributed by atoms with E-state index in [1.54, 1.807) is 11.8 Å². The number of pyridine rings is 1. The smallest absolute Gasteiger partial charge is 0.129 e. The zero-order chi connectivity index (χ0) is 13.8. The van der Waals surface area contributed by atoms with E-state index in [4.69, 9.17) is 0 Å². The van der Waals surface area contributed by atoms with Crippen LogP contribution in [-0.2, 0) is 0 Å². The van der Waals surface area contributed by atoms with E-state index >= 15 is 0 Å². The maximum absolute atomic E-state index is 9.33. The summed E-state index contributed by atoms with van der Waals surface area (Å²) < 4.78 is 0. The van der Waals surface area contributed by atoms with Crippen LogP contribution in [0, 0.1) is 6.92 Å². The van der Waals surface area contributed by atoms with Gasteiger partial charge in [0.2, 0.25) is 0 Å². The molecule has 0 amide bonds. The summed E-state index contributed by atoms with van der Waals surface area (Å²) in [6.45, 7) is 4.30. The number of para-hydroxylation sites is 1. The van der Waals surface area contributed by atoms with Crippen LogP contribution in [0.5, 0.6) is 0 Å². The fourth-order valence-electron chi connectivity index (χ4n) is 2.11. The summed E-state index contributed by atoms with van der Waals surface area (Å²) in [5.41, 5.74) is 2.12. The Balaban J connectivity index is 2.27. The number of aliphatic hydroxyl groups is 1. The topological polar surface area (TPSA) is 45.1 Å². The molecule has 1 aromatic carbocycles. The van der Waals surface area contributed by atoms with E-state index in [-0.39, 0.29) is 17.9 Å². The van der Waals surface area contributed by atoms with Crippen molar-refractivity contribution in [2.45, 2.75) is 25.1 Å². The summed E-state index contributed by atoms with van der Waals surface area (Å²) in [5.74, 6) is 0.902. The Morgan fingerprint density at radius 1 is 1.37 bits per heavy atom. The van der Waals surface area contributed by atoms with Crippen LogP contribution in [0.1, 0.15) is 12.5 Å². The zero-order valence-electron chi connectivity index (χ0n) is 11.6. The Kier molecular flexibility index (Phi) is 4.66. The number of fused-ring (bicyclic) bond motifs is 1. The third-order valence-corrected chi connectivity index (χ3v) is 4.48. The number of aromatic nitrogens is 1. The van der Waals surface area contributed by atoms with Gasteiger partial charge in [0.15, 0.2) is 0 Å². The molecule has 2 aromatic rings. The van der Waals surface area contributed by atoms with Crippen LogP contribution in [-0.4, -0.2) is 34.2 Å². The first kappa shape index (κ1) is 14.2. The standard InChI is InChI=1S/C15H20N2OS/c1-10-8-12-6-4-5-7-13(12)17-15(10)16-11(2)14(9-18)19-3/h4-8,11,14,18H,9H2,1-3H3,(H,16,17). The van der Waals surface area contributed by atoms with Crippen molar-refractivity contribution in [2.75, 3.05) is 18.2 Å². The van der Waals surface area contributed by atoms with Crippen LogP contribution in [0.2, 0.25) is 0 Å². The van der Waals surface area contributed by atoms with Crippen LogP contribution in [0.4, 0.5) is 5.82 Å². The van der Waals surface area contributed by atoms with E-state index in [1.807, 2.05) is 24.5 Å². The predicted octanol–water partition coefficient (Wildman–Crippen LogP) is 3.07. The second-order valence-electron chi connectivity index (χ2n) is 4.74. The third-order valence-electron chi connectivity index (χ3n) is 3.32. The quantitative estimate of drug-likeness (QED) is 0.881. The maximum Gasteiger partial charge on any atom is 0.129 e. The maximum atomic E-state index is 9.33. The van der Waals surface area contributed by atoms with E-state index < -0.39 is 0 Å². The Bertz CT molecular complexity index is 555. The van der Waals surface area contributed by atoms with Crippen molar-refractivity contribution >= 4 is 28.5 Å². The number of benzene rings is 1. The molecule has 0 aliphatic heterocycles. The van der Waals surface area contributed by atoms with Gasteiger partial charge in [-0.2, -0.15) is 11.8 Å². The Morgan fingerprint density at radius 2 is 2.11 bits per heavy atom. The summed E-state index contributed by atoms with van der Waals surface area (Å²) >= 11 is 1.67. The number of hydrogen-bond donors (Lipinski definition) is 2. The number of aryl methyl sites for hydroxylation is 1. The van der Waals surface area contributed by atoms with Crippen molar-refractivity contribution < 1.29 is 5.11 Å². The van der Waals surface area contributed by atoms with E-state index in [9.17, 15) is 5.11 Å². The highest BCUT2D eigenvalue weighted by molar-refractivity contribution is 7.99. The minimum atomic E-state index is 0.169. The second kappa shape index (κ2) is 6.26. The molecule has 102 valence electrons. The number of rotatable bonds is 5. The summed E-state index contributed by atoms with van der Waals surface area (Å²) in [6, 6.07) is 10.4. The summed E-state index contributed by atoms with van der Waals surface area (Å²) in [4.78, 5) is 4.66. The average Bonchev–Trinajstić information content (AvgIpc) is 2.41. The normalized spacial score (nSPS) is 14.3. The molecule has 0 saturated carbocycles. The van der Waals surface area contributed by atoms with Crippen LogP contribution >= 0.6 is 11.8 Å². The lowest BCUT2D eigenvalue weighted by molar-refractivity contribution is 0.288. The van der Waals surface area contributed by atoms with Gasteiger partial charge in [-0.3, -0.25) is 0 Å². The van der Waals surface area contributed by atoms with Crippen molar-refractivity contribution in [2.24, 2.45) is 0 Å². The van der Waals surface area contributed by atoms with Gasteiger partial charge in [0.1, 0.15) is 5.82 Å². The van der Waals surface area contributed by atoms with Crippen LogP contribution in [0.25, 0.3) is 10.9 Å². The molecule has 1 heterocycles. The lowest BCUT2D eigenvalue weighted by Gasteiger charge is -2.23. The number of anilines is 1. The van der Waals surface area contributed by atoms with Gasteiger partial charge in [-0.1, -0.05) is 18.2 Å². The van der Waals surface area contributed by atoms with Gasteiger partial charge in [0.05, 0.1) is 12.1 Å². The van der Waals surface area contributed by atoms with Gasteiger partial charge in [0, 0.05) is 16.7 Å². The predicted molar refractivity (Wildman–Crippen MR) is 84.0 cm³/mol. The number of hydrogen-bond acceptors (Lipinski definition) is 4. The molecule has 0 saturated heterocycles. The first-order valence-corrected chi connectivity index (χ1v) is 7.71. The Hall–Kier alpha value is -1.26. The second-order valence-corrected chi connectivity index (χ2v) is 5.81. The van der Waals surface area contributed by atoms with E-state index in [0.29, 0.717) is 0 Å². The molecule has 0 aliphatic carbocycles. The number of nitrogens with one attached hydrogen (secondary N) is 1. The summed E-state index contributed by atoms with van der Waals surface area (Å²) in [7, 11) is 0. The molecule has 2 atom stereocenters. The first-order chi connectivity index (χ1) is 9.15. The van der Waals surface area contributed by atoms with Gasteiger partial charge in [-0.05, 0) is 37.8 Å². The fraction of sp³-hybridized carbons (Fsp3) is 0.400. The molecule has 0 aliphatic rings. The molecular weight excluding hydrogens is 256 g/mol. The number of aliphatic hydroxyl groups excluding tert-OH is 1. The molecule has 1 aromatic heterocycles. The first-order valence-electron chi connectivity index (χ1n) is 6.42. The summed E-state index contributed by atoms with van der Waals surface area (Å²) in [5, 5.41) is 14.1. The molecule has 0 fully saturated rings. The number of thioether (sulfide) groups is 1. The molecule has 0 spiro atoms. The minimum absolute atomic E-state index is 0.169. The summed E-state index contributed by atoms with van der Waals surface area (Å²) in [6.07, 6.45) is 2.01. The van der Waals surface area contributed by atoms with E-state index in [0.717, 1.165) is 22.3 Å². The van der Waals surface area contributed by atoms with E-state index in [2.05, 4.69) is 36.3 Å². The Morgan fingerprint density at radius 3 is 2.79 bits per heavy atom. The van der Waals surface area contributed by atoms with Gasteiger partial charge in [0.25, 0.3) is 0 Å². The fourth-order valence-corrected chi connectivity index (χ4v) is 2.74. The lowest BCUT2D eigenvalue weighted by Crippen LogP contribution is -2.31. The van der Waals surface area contributed by atoms with Gasteiger partial charge < -0.3 is 10.4 Å².